The number of nitrogens with zero attached hydrogens (tertiary/aromatic N) is 3. The number of benzene rings is 1. The lowest BCUT2D eigenvalue weighted by Crippen LogP contribution is -2.48. The normalized spacial score (nSPS) is 19.8. The maximum Gasteiger partial charge on any atom is 0.227 e. The number of rotatable bonds is 4. The van der Waals surface area contributed by atoms with Crippen molar-refractivity contribution in [1.82, 2.24) is 15.0 Å². The van der Waals surface area contributed by atoms with Gasteiger partial charge in [0.15, 0.2) is 9.84 Å². The zero-order chi connectivity index (χ0) is 18.0. The Hall–Kier alpha value is -1.93. The molecule has 7 nitrogen and oxygen atoms in total. The Morgan fingerprint density at radius 1 is 1.36 bits per heavy atom. The van der Waals surface area contributed by atoms with Gasteiger partial charge in [-0.15, -0.1) is 0 Å². The lowest BCUT2D eigenvalue weighted by molar-refractivity contribution is -0.131. The van der Waals surface area contributed by atoms with E-state index in [4.69, 9.17) is 16.1 Å². The molecule has 3 rings (SSSR count). The molecular weight excluding hydrogens is 366 g/mol. The van der Waals surface area contributed by atoms with Crippen molar-refractivity contribution in [3.05, 3.63) is 35.2 Å². The van der Waals surface area contributed by atoms with Crippen LogP contribution in [0.4, 0.5) is 0 Å². The average Bonchev–Trinajstić information content (AvgIpc) is 3.05. The summed E-state index contributed by atoms with van der Waals surface area (Å²) in [5.41, 5.74) is 0.779. The van der Waals surface area contributed by atoms with Crippen molar-refractivity contribution < 1.29 is 17.7 Å². The van der Waals surface area contributed by atoms with E-state index in [1.165, 1.54) is 0 Å². The number of aromatic nitrogens is 2. The molecule has 1 fully saturated rings. The van der Waals surface area contributed by atoms with E-state index >= 15 is 0 Å². The molecule has 1 aliphatic rings. The van der Waals surface area contributed by atoms with Gasteiger partial charge in [0.1, 0.15) is 0 Å². The number of amides is 1. The highest BCUT2D eigenvalue weighted by atomic mass is 35.5. The Labute approximate surface area is 150 Å². The van der Waals surface area contributed by atoms with E-state index in [-0.39, 0.29) is 31.2 Å². The third kappa shape index (κ3) is 4.19. The van der Waals surface area contributed by atoms with Gasteiger partial charge in [-0.1, -0.05) is 16.8 Å². The summed E-state index contributed by atoms with van der Waals surface area (Å²) in [6.07, 6.45) is 0.520. The zero-order valence-corrected chi connectivity index (χ0v) is 15.3. The first-order chi connectivity index (χ1) is 11.8. The summed E-state index contributed by atoms with van der Waals surface area (Å²) in [5.74, 6) is 0.724. The highest BCUT2D eigenvalue weighted by Gasteiger charge is 2.31. The highest BCUT2D eigenvalue weighted by Crippen LogP contribution is 2.19. The molecule has 0 spiro atoms. The van der Waals surface area contributed by atoms with Gasteiger partial charge in [-0.3, -0.25) is 4.79 Å². The fraction of sp³-hybridized carbons (Fsp3) is 0.438. The third-order valence-corrected chi connectivity index (χ3v) is 6.59. The van der Waals surface area contributed by atoms with Crippen LogP contribution in [0, 0.1) is 0 Å². The molecule has 0 saturated carbocycles. The zero-order valence-electron chi connectivity index (χ0n) is 13.7. The quantitative estimate of drug-likeness (QED) is 0.801. The number of sulfone groups is 1. The molecule has 0 bridgehead atoms. The summed E-state index contributed by atoms with van der Waals surface area (Å²) < 4.78 is 28.6. The van der Waals surface area contributed by atoms with Gasteiger partial charge in [0.05, 0.1) is 11.0 Å². The van der Waals surface area contributed by atoms with E-state index in [1.54, 1.807) is 36.1 Å². The van der Waals surface area contributed by atoms with Gasteiger partial charge in [-0.05, 0) is 31.2 Å². The van der Waals surface area contributed by atoms with E-state index in [1.807, 2.05) is 0 Å². The first kappa shape index (κ1) is 17.9. The molecule has 0 aliphatic carbocycles. The molecule has 1 aromatic heterocycles. The van der Waals surface area contributed by atoms with Crippen molar-refractivity contribution in [2.45, 2.75) is 25.0 Å². The number of hydrogen-bond donors (Lipinski definition) is 0. The molecule has 0 radical (unpaired) electrons. The molecule has 134 valence electrons. The second-order valence-electron chi connectivity index (χ2n) is 6.04. The van der Waals surface area contributed by atoms with Crippen molar-refractivity contribution in [2.75, 3.05) is 18.8 Å². The molecule has 1 unspecified atom stereocenters. The summed E-state index contributed by atoms with van der Waals surface area (Å²) in [6.45, 7) is 2.11. The number of halogens is 1. The highest BCUT2D eigenvalue weighted by molar-refractivity contribution is 7.92. The van der Waals surface area contributed by atoms with Crippen LogP contribution in [-0.4, -0.2) is 53.5 Å². The fourth-order valence-corrected chi connectivity index (χ4v) is 4.04. The molecule has 1 aromatic carbocycles. The Bertz CT molecular complexity index is 864. The maximum absolute atomic E-state index is 12.3. The first-order valence-electron chi connectivity index (χ1n) is 7.93. The van der Waals surface area contributed by atoms with Crippen LogP contribution in [0.1, 0.15) is 19.2 Å². The van der Waals surface area contributed by atoms with Crippen LogP contribution in [0.25, 0.3) is 11.4 Å². The monoisotopic (exact) mass is 383 g/mol. The summed E-state index contributed by atoms with van der Waals surface area (Å²) in [6, 6.07) is 7.05. The molecule has 1 atom stereocenters. The van der Waals surface area contributed by atoms with Crippen LogP contribution in [-0.2, 0) is 21.1 Å². The largest absolute Gasteiger partial charge is 0.340 e. The van der Waals surface area contributed by atoms with Crippen molar-refractivity contribution in [3.63, 3.8) is 0 Å². The first-order valence-corrected chi connectivity index (χ1v) is 10.0. The van der Waals surface area contributed by atoms with Crippen LogP contribution in [0.3, 0.4) is 0 Å². The Balaban J connectivity index is 1.57. The molecule has 25 heavy (non-hydrogen) atoms. The predicted molar refractivity (Wildman–Crippen MR) is 92.9 cm³/mol. The van der Waals surface area contributed by atoms with Crippen LogP contribution in [0.5, 0.6) is 0 Å². The van der Waals surface area contributed by atoms with Crippen LogP contribution >= 0.6 is 11.6 Å². The van der Waals surface area contributed by atoms with Gasteiger partial charge in [-0.25, -0.2) is 8.42 Å². The van der Waals surface area contributed by atoms with Gasteiger partial charge in [0.2, 0.25) is 17.6 Å². The minimum atomic E-state index is -3.07. The summed E-state index contributed by atoms with van der Waals surface area (Å²) in [7, 11) is -3.07. The fourth-order valence-electron chi connectivity index (χ4n) is 2.62. The van der Waals surface area contributed by atoms with Gasteiger partial charge in [0, 0.05) is 36.5 Å². The lowest BCUT2D eigenvalue weighted by Gasteiger charge is -2.30. The van der Waals surface area contributed by atoms with E-state index in [9.17, 15) is 13.2 Å². The molecule has 1 saturated heterocycles. The summed E-state index contributed by atoms with van der Waals surface area (Å²) in [4.78, 5) is 18.1. The predicted octanol–water partition coefficient (Wildman–Crippen LogP) is 1.97. The van der Waals surface area contributed by atoms with E-state index in [0.29, 0.717) is 23.2 Å². The molecule has 9 heteroatoms. The van der Waals surface area contributed by atoms with E-state index < -0.39 is 15.1 Å². The van der Waals surface area contributed by atoms with Crippen molar-refractivity contribution in [1.29, 1.82) is 0 Å². The molecule has 1 amide bonds. The van der Waals surface area contributed by atoms with Crippen LogP contribution in [0.2, 0.25) is 5.02 Å². The van der Waals surface area contributed by atoms with Gasteiger partial charge in [0.25, 0.3) is 0 Å². The average molecular weight is 384 g/mol. The van der Waals surface area contributed by atoms with Gasteiger partial charge < -0.3 is 9.42 Å². The summed E-state index contributed by atoms with van der Waals surface area (Å²) >= 11 is 5.85. The number of hydrogen-bond acceptors (Lipinski definition) is 6. The molecule has 2 heterocycles. The maximum atomic E-state index is 12.3. The second-order valence-corrected chi connectivity index (χ2v) is 9.01. The van der Waals surface area contributed by atoms with Crippen molar-refractivity contribution in [2.24, 2.45) is 0 Å². The molecule has 2 aromatic rings. The van der Waals surface area contributed by atoms with E-state index in [2.05, 4.69) is 10.1 Å². The van der Waals surface area contributed by atoms with Gasteiger partial charge in [-0.2, -0.15) is 4.98 Å². The number of aryl methyl sites for hydroxylation is 1. The Morgan fingerprint density at radius 2 is 2.08 bits per heavy atom. The molecular formula is C16H18ClN3O4S. The van der Waals surface area contributed by atoms with Crippen molar-refractivity contribution in [3.8, 4) is 11.4 Å². The Morgan fingerprint density at radius 3 is 2.76 bits per heavy atom. The number of carbonyl (C=O) groups is 1. The number of carbonyl (C=O) groups excluding carboxylic acids is 1. The SMILES string of the molecule is CC1CN(C(=O)CCc2nc(-c3ccc(Cl)cc3)no2)CCS1(=O)=O. The topological polar surface area (TPSA) is 93.4 Å². The van der Waals surface area contributed by atoms with E-state index in [0.717, 1.165) is 5.56 Å². The smallest absolute Gasteiger partial charge is 0.227 e. The minimum absolute atomic E-state index is 0.0151. The van der Waals surface area contributed by atoms with Crippen LogP contribution < -0.4 is 0 Å². The van der Waals surface area contributed by atoms with Crippen molar-refractivity contribution >= 4 is 27.3 Å². The lowest BCUT2D eigenvalue weighted by atomic mass is 10.2. The Kier molecular flexibility index (Phi) is 5.10. The second kappa shape index (κ2) is 7.13. The standard InChI is InChI=1S/C16H18ClN3O4S/c1-11-10-20(8-9-25(11,22)23)15(21)7-6-14-18-16(19-24-14)12-2-4-13(17)5-3-12/h2-5,11H,6-10H2,1H3. The molecule has 1 aliphatic heterocycles. The van der Waals surface area contributed by atoms with Gasteiger partial charge >= 0.3 is 0 Å². The third-order valence-electron chi connectivity index (χ3n) is 4.21. The molecule has 0 N–H and O–H groups in total. The van der Waals surface area contributed by atoms with Crippen LogP contribution in [0.15, 0.2) is 28.8 Å². The minimum Gasteiger partial charge on any atom is -0.340 e. The summed E-state index contributed by atoms with van der Waals surface area (Å²) in [5, 5.41) is 4.00.